The minimum Gasteiger partial charge on any atom is -0.339 e. The lowest BCUT2D eigenvalue weighted by Crippen LogP contribution is -2.24. The molecule has 1 aliphatic carbocycles. The average Bonchev–Trinajstić information content (AvgIpc) is 3.52. The van der Waals surface area contributed by atoms with Gasteiger partial charge in [-0.25, -0.2) is 30.7 Å². The number of halogens is 7. The van der Waals surface area contributed by atoms with Gasteiger partial charge in [-0.1, -0.05) is 11.8 Å². The van der Waals surface area contributed by atoms with E-state index in [0.29, 0.717) is 0 Å². The second kappa shape index (κ2) is 8.61. The second-order valence-electron chi connectivity index (χ2n) is 9.07. The van der Waals surface area contributed by atoms with Crippen LogP contribution in [0.3, 0.4) is 0 Å². The van der Waals surface area contributed by atoms with Gasteiger partial charge < -0.3 is 5.32 Å². The SMILES string of the molecule is Cc1nnc2nc(Nc3cc(F)cc(C#CC4(C(C)(F)F)CC4)c3)c3c(F)c(F)c(CC(F)F)cc3n12. The van der Waals surface area contributed by atoms with Crippen molar-refractivity contribution in [3.8, 4) is 11.8 Å². The van der Waals surface area contributed by atoms with Gasteiger partial charge in [-0.2, -0.15) is 4.98 Å². The van der Waals surface area contributed by atoms with Crippen LogP contribution in [0.5, 0.6) is 0 Å². The third-order valence-corrected chi connectivity index (χ3v) is 6.33. The number of hydrogen-bond acceptors (Lipinski definition) is 4. The molecule has 12 heteroatoms. The van der Waals surface area contributed by atoms with Crippen molar-refractivity contribution < 1.29 is 30.7 Å². The molecule has 37 heavy (non-hydrogen) atoms. The number of aromatic nitrogens is 4. The van der Waals surface area contributed by atoms with Gasteiger partial charge in [-0.3, -0.25) is 4.40 Å². The predicted octanol–water partition coefficient (Wildman–Crippen LogP) is 6.34. The lowest BCUT2D eigenvalue weighted by molar-refractivity contribution is -0.0294. The highest BCUT2D eigenvalue weighted by Gasteiger charge is 2.58. The third kappa shape index (κ3) is 4.43. The standard InChI is InChI=1S/C25H18F7N5/c1-12-35-36-23-34-22(19-17(37(12)23)9-14(10-18(27)28)20(29)21(19)30)33-16-8-13(7-15(26)11-16)3-4-25(5-6-25)24(2,31)32/h7-9,11,18H,5-6,10H2,1-2H3,(H,33,34,36). The van der Waals surface area contributed by atoms with E-state index in [-0.39, 0.29) is 47.0 Å². The number of benzene rings is 2. The molecule has 1 N–H and O–H groups in total. The summed E-state index contributed by atoms with van der Waals surface area (Å²) in [4.78, 5) is 4.16. The van der Waals surface area contributed by atoms with Gasteiger partial charge >= 0.3 is 0 Å². The Bertz CT molecular complexity index is 1610. The Labute approximate surface area is 205 Å². The van der Waals surface area contributed by atoms with Crippen molar-refractivity contribution in [2.75, 3.05) is 5.32 Å². The van der Waals surface area contributed by atoms with Gasteiger partial charge in [0.2, 0.25) is 6.43 Å². The van der Waals surface area contributed by atoms with Crippen molar-refractivity contribution >= 4 is 28.2 Å². The monoisotopic (exact) mass is 521 g/mol. The maximum absolute atomic E-state index is 15.2. The first kappa shape index (κ1) is 24.8. The summed E-state index contributed by atoms with van der Waals surface area (Å²) in [6, 6.07) is 4.49. The molecule has 5 rings (SSSR count). The second-order valence-corrected chi connectivity index (χ2v) is 9.07. The van der Waals surface area contributed by atoms with Gasteiger partial charge in [-0.15, -0.1) is 10.2 Å². The van der Waals surface area contributed by atoms with Crippen LogP contribution in [-0.4, -0.2) is 31.9 Å². The molecule has 0 spiro atoms. The van der Waals surface area contributed by atoms with Crippen molar-refractivity contribution in [1.29, 1.82) is 0 Å². The van der Waals surface area contributed by atoms with Gasteiger partial charge in [0.05, 0.1) is 16.3 Å². The van der Waals surface area contributed by atoms with E-state index < -0.39 is 52.6 Å². The Hall–Kier alpha value is -3.88. The van der Waals surface area contributed by atoms with Gasteiger partial charge in [0.25, 0.3) is 11.7 Å². The number of aryl methyl sites for hydroxylation is 1. The van der Waals surface area contributed by atoms with E-state index in [1.54, 1.807) is 0 Å². The highest BCUT2D eigenvalue weighted by molar-refractivity contribution is 5.94. The van der Waals surface area contributed by atoms with E-state index in [9.17, 15) is 26.3 Å². The highest BCUT2D eigenvalue weighted by Crippen LogP contribution is 2.56. The number of rotatable bonds is 5. The Morgan fingerprint density at radius 3 is 2.46 bits per heavy atom. The minimum absolute atomic E-state index is 0.0169. The number of fused-ring (bicyclic) bond motifs is 3. The third-order valence-electron chi connectivity index (χ3n) is 6.33. The summed E-state index contributed by atoms with van der Waals surface area (Å²) in [6.07, 6.45) is -3.50. The number of alkyl halides is 4. The Kier molecular flexibility index (Phi) is 5.77. The lowest BCUT2D eigenvalue weighted by Gasteiger charge is -2.16. The van der Waals surface area contributed by atoms with E-state index in [2.05, 4.69) is 32.3 Å². The molecule has 192 valence electrons. The molecular weight excluding hydrogens is 503 g/mol. The molecule has 4 aromatic rings. The van der Waals surface area contributed by atoms with Crippen molar-refractivity contribution in [2.24, 2.45) is 5.41 Å². The van der Waals surface area contributed by atoms with Crippen LogP contribution in [0.15, 0.2) is 24.3 Å². The van der Waals surface area contributed by atoms with Crippen molar-refractivity contribution in [2.45, 2.75) is 45.5 Å². The largest absolute Gasteiger partial charge is 0.339 e. The van der Waals surface area contributed by atoms with Crippen LogP contribution in [0.4, 0.5) is 42.2 Å². The minimum atomic E-state index is -3.02. The first-order valence-corrected chi connectivity index (χ1v) is 11.2. The van der Waals surface area contributed by atoms with Crippen LogP contribution in [0.1, 0.15) is 36.7 Å². The summed E-state index contributed by atoms with van der Waals surface area (Å²) < 4.78 is 99.3. The van der Waals surface area contributed by atoms with Gasteiger partial charge in [-0.05, 0) is 49.6 Å². The maximum Gasteiger partial charge on any atom is 0.261 e. The number of nitrogens with zero attached hydrogens (tertiary/aromatic N) is 4. The molecular formula is C25H18F7N5. The maximum atomic E-state index is 15.2. The molecule has 0 unspecified atom stereocenters. The Balaban J connectivity index is 1.63. The molecule has 1 fully saturated rings. The Morgan fingerprint density at radius 1 is 1.08 bits per heavy atom. The summed E-state index contributed by atoms with van der Waals surface area (Å²) >= 11 is 0. The zero-order valence-electron chi connectivity index (χ0n) is 19.4. The molecule has 1 aliphatic rings. The quantitative estimate of drug-likeness (QED) is 0.246. The summed E-state index contributed by atoms with van der Waals surface area (Å²) in [5, 5.41) is 10.0. The summed E-state index contributed by atoms with van der Waals surface area (Å²) in [5.41, 5.74) is -1.94. The molecule has 1 saturated carbocycles. The molecule has 0 saturated heterocycles. The first-order chi connectivity index (χ1) is 17.4. The van der Waals surface area contributed by atoms with Crippen molar-refractivity contribution in [3.63, 3.8) is 0 Å². The predicted molar refractivity (Wildman–Crippen MR) is 121 cm³/mol. The van der Waals surface area contributed by atoms with Gasteiger partial charge in [0.15, 0.2) is 11.6 Å². The van der Waals surface area contributed by atoms with Crippen molar-refractivity contribution in [1.82, 2.24) is 19.6 Å². The molecule has 0 bridgehead atoms. The van der Waals surface area contributed by atoms with Gasteiger partial charge in [0, 0.05) is 24.6 Å². The molecule has 0 radical (unpaired) electrons. The van der Waals surface area contributed by atoms with Crippen LogP contribution in [-0.2, 0) is 6.42 Å². The van der Waals surface area contributed by atoms with Gasteiger partial charge in [0.1, 0.15) is 17.5 Å². The van der Waals surface area contributed by atoms with Crippen LogP contribution in [0, 0.1) is 41.6 Å². The molecule has 0 amide bonds. The molecule has 2 heterocycles. The first-order valence-electron chi connectivity index (χ1n) is 11.2. The zero-order valence-corrected chi connectivity index (χ0v) is 19.4. The Morgan fingerprint density at radius 2 is 1.81 bits per heavy atom. The number of anilines is 2. The van der Waals surface area contributed by atoms with E-state index in [4.69, 9.17) is 0 Å². The van der Waals surface area contributed by atoms with Crippen LogP contribution in [0.2, 0.25) is 0 Å². The fourth-order valence-corrected chi connectivity index (χ4v) is 4.19. The zero-order chi connectivity index (χ0) is 26.7. The normalized spacial score (nSPS) is 14.8. The lowest BCUT2D eigenvalue weighted by atomic mass is 10.00. The molecule has 0 atom stereocenters. The molecule has 5 nitrogen and oxygen atoms in total. The number of nitrogens with one attached hydrogen (secondary N) is 1. The van der Waals surface area contributed by atoms with E-state index in [0.717, 1.165) is 25.1 Å². The van der Waals surface area contributed by atoms with E-state index in [1.165, 1.54) is 17.4 Å². The van der Waals surface area contributed by atoms with Crippen LogP contribution in [0.25, 0.3) is 16.7 Å². The average molecular weight is 521 g/mol. The van der Waals surface area contributed by atoms with E-state index >= 15 is 4.39 Å². The van der Waals surface area contributed by atoms with Crippen LogP contribution >= 0.6 is 0 Å². The smallest absolute Gasteiger partial charge is 0.261 e. The molecule has 0 aliphatic heterocycles. The number of hydrogen-bond donors (Lipinski definition) is 1. The fourth-order valence-electron chi connectivity index (χ4n) is 4.19. The summed E-state index contributed by atoms with van der Waals surface area (Å²) in [5.74, 6) is -1.65. The topological polar surface area (TPSA) is 55.1 Å². The van der Waals surface area contributed by atoms with Crippen molar-refractivity contribution in [3.05, 3.63) is 58.7 Å². The fraction of sp³-hybridized carbons (Fsp3) is 0.320. The summed E-state index contributed by atoms with van der Waals surface area (Å²) in [7, 11) is 0. The summed E-state index contributed by atoms with van der Waals surface area (Å²) in [6.45, 7) is 2.30. The van der Waals surface area contributed by atoms with E-state index in [1.807, 2.05) is 0 Å². The highest BCUT2D eigenvalue weighted by atomic mass is 19.3. The molecule has 2 aromatic carbocycles. The molecule has 2 aromatic heterocycles. The van der Waals surface area contributed by atoms with Crippen LogP contribution < -0.4 is 5.32 Å².